The smallest absolute Gasteiger partial charge is 0.0130 e. The summed E-state index contributed by atoms with van der Waals surface area (Å²) in [6.07, 6.45) is 1.42. The Bertz CT molecular complexity index is 118. The Morgan fingerprint density at radius 2 is 1.91 bits per heavy atom. The van der Waals surface area contributed by atoms with Crippen LogP contribution in [0.2, 0.25) is 0 Å². The summed E-state index contributed by atoms with van der Waals surface area (Å²) >= 11 is 0. The van der Waals surface area contributed by atoms with E-state index in [2.05, 4.69) is 32.6 Å². The van der Waals surface area contributed by atoms with Crippen LogP contribution in [0.5, 0.6) is 0 Å². The Labute approximate surface area is 70.8 Å². The highest BCUT2D eigenvalue weighted by Gasteiger charge is 2.29. The number of hydrogen-bond acceptors (Lipinski definition) is 1. The molecule has 1 saturated heterocycles. The van der Waals surface area contributed by atoms with Gasteiger partial charge in [-0.3, -0.25) is 4.90 Å². The monoisotopic (exact) mass is 155 g/mol. The van der Waals surface area contributed by atoms with Crippen LogP contribution in [-0.2, 0) is 0 Å². The van der Waals surface area contributed by atoms with Crippen LogP contribution in [0, 0.1) is 11.8 Å². The van der Waals surface area contributed by atoms with Crippen molar-refractivity contribution < 1.29 is 0 Å². The van der Waals surface area contributed by atoms with E-state index in [0.717, 1.165) is 17.9 Å². The first-order valence-electron chi connectivity index (χ1n) is 4.85. The second-order valence-electron chi connectivity index (χ2n) is 4.49. The first kappa shape index (κ1) is 9.05. The quantitative estimate of drug-likeness (QED) is 0.605. The van der Waals surface area contributed by atoms with Crippen LogP contribution in [0.3, 0.4) is 0 Å². The fourth-order valence-corrected chi connectivity index (χ4v) is 1.91. The summed E-state index contributed by atoms with van der Waals surface area (Å²) in [6, 6.07) is 0.886. The number of rotatable bonds is 3. The van der Waals surface area contributed by atoms with Crippen molar-refractivity contribution in [2.75, 3.05) is 13.1 Å². The summed E-state index contributed by atoms with van der Waals surface area (Å²) in [5.74, 6) is 1.68. The molecular weight excluding hydrogens is 134 g/mol. The summed E-state index contributed by atoms with van der Waals surface area (Å²) < 4.78 is 0. The van der Waals surface area contributed by atoms with Crippen LogP contribution in [0.25, 0.3) is 0 Å². The van der Waals surface area contributed by atoms with Gasteiger partial charge in [-0.25, -0.2) is 0 Å². The minimum atomic E-state index is 0.830. The molecule has 1 heterocycles. The van der Waals surface area contributed by atoms with Crippen LogP contribution in [0.1, 0.15) is 34.1 Å². The second kappa shape index (κ2) is 3.57. The molecule has 1 atom stereocenters. The predicted octanol–water partition coefficient (Wildman–Crippen LogP) is 2.37. The van der Waals surface area contributed by atoms with Gasteiger partial charge in [0.25, 0.3) is 0 Å². The normalized spacial score (nSPS) is 26.2. The summed E-state index contributed by atoms with van der Waals surface area (Å²) in [6.45, 7) is 11.9. The number of hydrogen-bond donors (Lipinski definition) is 0. The van der Waals surface area contributed by atoms with Crippen molar-refractivity contribution in [2.45, 2.75) is 40.2 Å². The molecule has 1 aliphatic heterocycles. The van der Waals surface area contributed by atoms with E-state index in [-0.39, 0.29) is 0 Å². The zero-order valence-electron chi connectivity index (χ0n) is 8.30. The Hall–Kier alpha value is -0.0400. The fraction of sp³-hybridized carbons (Fsp3) is 1.00. The van der Waals surface area contributed by atoms with Crippen molar-refractivity contribution in [3.8, 4) is 0 Å². The predicted molar refractivity (Wildman–Crippen MR) is 49.7 cm³/mol. The molecule has 11 heavy (non-hydrogen) atoms. The highest BCUT2D eigenvalue weighted by molar-refractivity contribution is 4.85. The van der Waals surface area contributed by atoms with Gasteiger partial charge in [0.05, 0.1) is 0 Å². The summed E-state index contributed by atoms with van der Waals surface area (Å²) in [7, 11) is 0. The van der Waals surface area contributed by atoms with Crippen molar-refractivity contribution in [1.29, 1.82) is 0 Å². The van der Waals surface area contributed by atoms with Gasteiger partial charge in [-0.2, -0.15) is 0 Å². The molecule has 0 N–H and O–H groups in total. The van der Waals surface area contributed by atoms with Crippen LogP contribution >= 0.6 is 0 Å². The highest BCUT2D eigenvalue weighted by atomic mass is 15.2. The minimum Gasteiger partial charge on any atom is -0.300 e. The maximum absolute atomic E-state index is 2.62. The van der Waals surface area contributed by atoms with Gasteiger partial charge in [-0.05, 0) is 24.8 Å². The van der Waals surface area contributed by atoms with Crippen molar-refractivity contribution in [3.63, 3.8) is 0 Å². The molecule has 1 heteroatoms. The molecule has 0 bridgehead atoms. The van der Waals surface area contributed by atoms with Gasteiger partial charge >= 0.3 is 0 Å². The van der Waals surface area contributed by atoms with Crippen LogP contribution in [0.4, 0.5) is 0 Å². The third kappa shape index (κ3) is 2.19. The largest absolute Gasteiger partial charge is 0.300 e. The molecule has 1 nitrogen and oxygen atoms in total. The lowest BCUT2D eigenvalue weighted by Crippen LogP contribution is -2.51. The molecule has 1 fully saturated rings. The van der Waals surface area contributed by atoms with Gasteiger partial charge < -0.3 is 0 Å². The lowest BCUT2D eigenvalue weighted by molar-refractivity contribution is 0.0449. The topological polar surface area (TPSA) is 3.24 Å². The maximum atomic E-state index is 2.62. The van der Waals surface area contributed by atoms with E-state index in [1.165, 1.54) is 19.5 Å². The van der Waals surface area contributed by atoms with Crippen molar-refractivity contribution in [2.24, 2.45) is 11.8 Å². The summed E-state index contributed by atoms with van der Waals surface area (Å²) in [5, 5.41) is 0. The molecule has 1 unspecified atom stereocenters. The van der Waals surface area contributed by atoms with E-state index in [4.69, 9.17) is 0 Å². The third-order valence-corrected chi connectivity index (χ3v) is 2.55. The average Bonchev–Trinajstić information content (AvgIpc) is 1.78. The molecule has 0 amide bonds. The van der Waals surface area contributed by atoms with Crippen molar-refractivity contribution in [1.82, 2.24) is 4.90 Å². The lowest BCUT2D eigenvalue weighted by atomic mass is 9.91. The zero-order chi connectivity index (χ0) is 8.43. The molecule has 0 radical (unpaired) electrons. The lowest BCUT2D eigenvalue weighted by Gasteiger charge is -2.44. The Kier molecular flexibility index (Phi) is 2.94. The Morgan fingerprint density at radius 1 is 1.27 bits per heavy atom. The third-order valence-electron chi connectivity index (χ3n) is 2.55. The van der Waals surface area contributed by atoms with Gasteiger partial charge in [0.2, 0.25) is 0 Å². The van der Waals surface area contributed by atoms with Gasteiger partial charge in [-0.1, -0.05) is 27.7 Å². The minimum absolute atomic E-state index is 0.830. The van der Waals surface area contributed by atoms with Gasteiger partial charge in [0.1, 0.15) is 0 Å². The van der Waals surface area contributed by atoms with E-state index in [9.17, 15) is 0 Å². The van der Waals surface area contributed by atoms with E-state index < -0.39 is 0 Å². The van der Waals surface area contributed by atoms with E-state index in [1.807, 2.05) is 0 Å². The molecule has 0 aromatic carbocycles. The molecule has 66 valence electrons. The van der Waals surface area contributed by atoms with E-state index in [0.29, 0.717) is 0 Å². The maximum Gasteiger partial charge on any atom is 0.0130 e. The fourth-order valence-electron chi connectivity index (χ4n) is 1.91. The summed E-state index contributed by atoms with van der Waals surface area (Å²) in [5.41, 5.74) is 0. The van der Waals surface area contributed by atoms with Gasteiger partial charge in [0, 0.05) is 12.6 Å². The Balaban J connectivity index is 2.26. The number of likely N-dealkylation sites (tertiary alicyclic amines) is 1. The molecular formula is C10H21N. The van der Waals surface area contributed by atoms with Crippen molar-refractivity contribution in [3.05, 3.63) is 0 Å². The first-order valence-corrected chi connectivity index (χ1v) is 4.85. The van der Waals surface area contributed by atoms with E-state index in [1.54, 1.807) is 0 Å². The SMILES string of the molecule is CC(C)CN1CCC1C(C)C. The highest BCUT2D eigenvalue weighted by Crippen LogP contribution is 2.24. The molecule has 0 aromatic rings. The molecule has 1 rings (SSSR count). The molecule has 0 aliphatic carbocycles. The summed E-state index contributed by atoms with van der Waals surface area (Å²) in [4.78, 5) is 2.62. The van der Waals surface area contributed by atoms with Crippen molar-refractivity contribution >= 4 is 0 Å². The van der Waals surface area contributed by atoms with Crippen LogP contribution in [0.15, 0.2) is 0 Å². The zero-order valence-corrected chi connectivity index (χ0v) is 8.30. The average molecular weight is 155 g/mol. The number of nitrogens with zero attached hydrogens (tertiary/aromatic N) is 1. The standard InChI is InChI=1S/C10H21N/c1-8(2)7-11-6-5-10(11)9(3)4/h8-10H,5-7H2,1-4H3. The van der Waals surface area contributed by atoms with E-state index >= 15 is 0 Å². The van der Waals surface area contributed by atoms with Crippen LogP contribution in [-0.4, -0.2) is 24.0 Å². The Morgan fingerprint density at radius 3 is 2.18 bits per heavy atom. The molecule has 1 aliphatic rings. The second-order valence-corrected chi connectivity index (χ2v) is 4.49. The van der Waals surface area contributed by atoms with Gasteiger partial charge in [0.15, 0.2) is 0 Å². The van der Waals surface area contributed by atoms with Crippen LogP contribution < -0.4 is 0 Å². The first-order chi connectivity index (χ1) is 5.11. The molecule has 0 aromatic heterocycles. The molecule has 0 saturated carbocycles. The van der Waals surface area contributed by atoms with Gasteiger partial charge in [-0.15, -0.1) is 0 Å². The molecule has 0 spiro atoms.